The zero-order chi connectivity index (χ0) is 76.0. The Kier molecular flexibility index (Phi) is 14.8. The van der Waals surface area contributed by atoms with Crippen molar-refractivity contribution >= 4 is 87.2 Å². The second-order valence-electron chi connectivity index (χ2n) is 30.6. The molecular formula is C105H68N10. The summed E-state index contributed by atoms with van der Waals surface area (Å²) in [5.41, 5.74) is 28.5. The summed E-state index contributed by atoms with van der Waals surface area (Å²) in [5.74, 6) is 3.61. The van der Waals surface area contributed by atoms with E-state index < -0.39 is 0 Å². The Morgan fingerprint density at radius 3 is 0.913 bits per heavy atom. The van der Waals surface area contributed by atoms with Gasteiger partial charge in [-0.1, -0.05) is 263 Å². The maximum atomic E-state index is 5.33. The number of nitrogens with zero attached hydrogens (tertiary/aromatic N) is 10. The smallest absolute Gasteiger partial charge is 0.164 e. The highest BCUT2D eigenvalue weighted by molar-refractivity contribution is 6.21. The third-order valence-electron chi connectivity index (χ3n) is 23.7. The van der Waals surface area contributed by atoms with E-state index in [1.54, 1.807) is 0 Å². The van der Waals surface area contributed by atoms with Gasteiger partial charge in [-0.15, -0.1) is 0 Å². The quantitative estimate of drug-likeness (QED) is 0.121. The van der Waals surface area contributed by atoms with E-state index >= 15 is 0 Å². The zero-order valence-electron chi connectivity index (χ0n) is 62.8. The normalized spacial score (nSPS) is 12.5. The molecule has 23 rings (SSSR count). The van der Waals surface area contributed by atoms with Crippen molar-refractivity contribution in [2.75, 3.05) is 0 Å². The third-order valence-corrected chi connectivity index (χ3v) is 23.7. The van der Waals surface area contributed by atoms with Gasteiger partial charge < -0.3 is 18.3 Å². The van der Waals surface area contributed by atoms with Crippen LogP contribution < -0.4 is 0 Å². The number of para-hydroxylation sites is 3. The van der Waals surface area contributed by atoms with Gasteiger partial charge in [-0.2, -0.15) is 0 Å². The van der Waals surface area contributed by atoms with E-state index in [1.165, 1.54) is 65.8 Å². The van der Waals surface area contributed by atoms with E-state index in [9.17, 15) is 0 Å². The van der Waals surface area contributed by atoms with Gasteiger partial charge in [0.05, 0.1) is 44.1 Å². The van der Waals surface area contributed by atoms with Crippen molar-refractivity contribution in [1.29, 1.82) is 0 Å². The predicted octanol–water partition coefficient (Wildman–Crippen LogP) is 26.1. The Balaban J connectivity index is 0.624. The second-order valence-corrected chi connectivity index (χ2v) is 30.6. The highest BCUT2D eigenvalue weighted by Gasteiger charge is 2.36. The molecule has 0 amide bonds. The van der Waals surface area contributed by atoms with Crippen LogP contribution in [0.2, 0.25) is 0 Å². The average molecular weight is 1470 g/mol. The van der Waals surface area contributed by atoms with E-state index in [4.69, 9.17) is 29.9 Å². The van der Waals surface area contributed by atoms with Crippen LogP contribution in [-0.2, 0) is 5.41 Å². The first-order valence-electron chi connectivity index (χ1n) is 39.1. The maximum absolute atomic E-state index is 5.33. The molecule has 16 aromatic carbocycles. The van der Waals surface area contributed by atoms with Crippen LogP contribution >= 0.6 is 0 Å². The fourth-order valence-electron chi connectivity index (χ4n) is 18.1. The molecule has 1 aliphatic carbocycles. The fraction of sp³-hybridized carbons (Fsp3) is 0.0286. The Labute approximate surface area is 662 Å². The Bertz CT molecular complexity index is 7630. The summed E-state index contributed by atoms with van der Waals surface area (Å²) in [6, 6.07) is 135. The van der Waals surface area contributed by atoms with Crippen molar-refractivity contribution in [3.05, 3.63) is 387 Å². The van der Waals surface area contributed by atoms with Crippen LogP contribution in [0.25, 0.3) is 212 Å². The molecule has 538 valence electrons. The topological polar surface area (TPSA) is 97.1 Å². The number of rotatable bonds is 12. The molecule has 10 nitrogen and oxygen atoms in total. The fourth-order valence-corrected chi connectivity index (χ4v) is 18.1. The van der Waals surface area contributed by atoms with Gasteiger partial charge in [0.2, 0.25) is 0 Å². The summed E-state index contributed by atoms with van der Waals surface area (Å²) in [4.78, 5) is 31.0. The number of hydrogen-bond donors (Lipinski definition) is 0. The van der Waals surface area contributed by atoms with Gasteiger partial charge in [-0.25, -0.2) is 29.9 Å². The molecule has 115 heavy (non-hydrogen) atoms. The van der Waals surface area contributed by atoms with E-state index in [0.29, 0.717) is 34.9 Å². The second kappa shape index (κ2) is 25.9. The first kappa shape index (κ1) is 65.6. The Hall–Kier alpha value is -15.3. The molecule has 22 aromatic rings. The molecule has 0 aliphatic heterocycles. The number of hydrogen-bond acceptors (Lipinski definition) is 6. The number of aromatic nitrogens is 10. The lowest BCUT2D eigenvalue weighted by atomic mass is 9.82. The molecule has 1 aliphatic rings. The van der Waals surface area contributed by atoms with Crippen LogP contribution in [0.5, 0.6) is 0 Å². The maximum Gasteiger partial charge on any atom is 0.164 e. The monoisotopic (exact) mass is 1470 g/mol. The molecule has 0 unspecified atom stereocenters. The lowest BCUT2D eigenvalue weighted by molar-refractivity contribution is 0.660. The molecule has 0 atom stereocenters. The van der Waals surface area contributed by atoms with Crippen molar-refractivity contribution in [2.45, 2.75) is 19.3 Å². The highest BCUT2D eigenvalue weighted by atomic mass is 15.1. The molecule has 0 N–H and O–H groups in total. The SMILES string of the molecule is CC1(C)c2ccccc2-c2ccc(-n3c4ccccc4c4cc5c(cc43)c3ccccc3n5-c3ccc(-c4nc(-c5ccccc5)nc(-c5ccc(-c6ccc7c(c6)c6cc8c(cc6n7-c6ccc(-c7nc(-c9ccccc9)nc(-c9ccccc9)n7)cc6)c6ccccc6n8-c6cccc(-c7ccccc7)c6)cc5)n4)cc3)cc21. The minimum atomic E-state index is -0.130. The van der Waals surface area contributed by atoms with Crippen molar-refractivity contribution in [2.24, 2.45) is 0 Å². The summed E-state index contributed by atoms with van der Waals surface area (Å²) in [7, 11) is 0. The minimum absolute atomic E-state index is 0.130. The van der Waals surface area contributed by atoms with Crippen molar-refractivity contribution in [3.8, 4) is 124 Å². The van der Waals surface area contributed by atoms with Crippen LogP contribution in [0.3, 0.4) is 0 Å². The molecule has 0 radical (unpaired) electrons. The lowest BCUT2D eigenvalue weighted by Crippen LogP contribution is -2.15. The summed E-state index contributed by atoms with van der Waals surface area (Å²) >= 11 is 0. The average Bonchev–Trinajstić information content (AvgIpc) is 1.56. The van der Waals surface area contributed by atoms with Crippen LogP contribution in [0.4, 0.5) is 0 Å². The molecule has 0 saturated heterocycles. The van der Waals surface area contributed by atoms with Crippen molar-refractivity contribution in [1.82, 2.24) is 48.2 Å². The minimum Gasteiger partial charge on any atom is -0.309 e. The van der Waals surface area contributed by atoms with E-state index in [1.807, 2.05) is 78.9 Å². The molecule has 6 heterocycles. The molecule has 0 saturated carbocycles. The lowest BCUT2D eigenvalue weighted by Gasteiger charge is -2.22. The molecule has 6 aromatic heterocycles. The summed E-state index contributed by atoms with van der Waals surface area (Å²) in [6.45, 7) is 4.72. The van der Waals surface area contributed by atoms with Crippen molar-refractivity contribution < 1.29 is 0 Å². The zero-order valence-corrected chi connectivity index (χ0v) is 62.8. The first-order valence-corrected chi connectivity index (χ1v) is 39.1. The molecule has 10 heteroatoms. The first-order chi connectivity index (χ1) is 56.7. The summed E-state index contributed by atoms with van der Waals surface area (Å²) in [6.07, 6.45) is 0. The van der Waals surface area contributed by atoms with E-state index in [2.05, 4.69) is 329 Å². The van der Waals surface area contributed by atoms with Gasteiger partial charge in [-0.3, -0.25) is 0 Å². The third kappa shape index (κ3) is 10.6. The van der Waals surface area contributed by atoms with Gasteiger partial charge in [0.25, 0.3) is 0 Å². The molecule has 0 spiro atoms. The Morgan fingerprint density at radius 1 is 0.174 bits per heavy atom. The van der Waals surface area contributed by atoms with Crippen LogP contribution in [0.1, 0.15) is 25.0 Å². The largest absolute Gasteiger partial charge is 0.309 e. The van der Waals surface area contributed by atoms with Gasteiger partial charge in [0, 0.05) is 105 Å². The van der Waals surface area contributed by atoms with Crippen LogP contribution in [0, 0.1) is 0 Å². The van der Waals surface area contributed by atoms with Gasteiger partial charge >= 0.3 is 0 Å². The number of fused-ring (bicyclic) bond motifs is 15. The highest BCUT2D eigenvalue weighted by Crippen LogP contribution is 2.51. The molecular weight excluding hydrogens is 1400 g/mol. The van der Waals surface area contributed by atoms with Gasteiger partial charge in [0.15, 0.2) is 34.9 Å². The predicted molar refractivity (Wildman–Crippen MR) is 472 cm³/mol. The Morgan fingerprint density at radius 2 is 0.461 bits per heavy atom. The molecule has 0 fully saturated rings. The number of benzene rings is 16. The van der Waals surface area contributed by atoms with E-state index in [-0.39, 0.29) is 5.41 Å². The summed E-state index contributed by atoms with van der Waals surface area (Å²) in [5, 5.41) is 9.38. The van der Waals surface area contributed by atoms with Gasteiger partial charge in [-0.05, 0) is 172 Å². The van der Waals surface area contributed by atoms with Crippen LogP contribution in [-0.4, -0.2) is 48.2 Å². The van der Waals surface area contributed by atoms with Crippen molar-refractivity contribution in [3.63, 3.8) is 0 Å². The standard InChI is InChI=1S/C105H68N10/c1-105(2)89-38-19-15-34-79(89)80-56-55-78(60-90(80)105)115-93-41-22-18-37-83(93)86-61-95-85(62-96(86)115)81-35-16-20-39-91(81)112(95)75-51-46-72(47-52-75)104-110-101(69-30-13-6-14-31-69)107-102(111-104)70-44-42-66(43-45-70)74-50-57-94-84(59-74)88-64-97-87(82-36-17-21-40-92(82)114(97)77-33-23-32-73(58-77)65-24-7-3-8-25-65)63-98(88)113(94)76-53-48-71(49-54-76)103-108-99(67-26-9-4-10-27-67)106-100(109-103)68-28-11-5-12-29-68/h3-64H,1-2H3. The van der Waals surface area contributed by atoms with E-state index in [0.717, 1.165) is 122 Å². The van der Waals surface area contributed by atoms with Crippen LogP contribution in [0.15, 0.2) is 376 Å². The van der Waals surface area contributed by atoms with Gasteiger partial charge in [0.1, 0.15) is 0 Å². The summed E-state index contributed by atoms with van der Waals surface area (Å²) < 4.78 is 9.73. The molecule has 0 bridgehead atoms.